The lowest BCUT2D eigenvalue weighted by molar-refractivity contribution is -0.138. The van der Waals surface area contributed by atoms with Crippen molar-refractivity contribution in [2.75, 3.05) is 6.54 Å². The van der Waals surface area contributed by atoms with E-state index in [0.29, 0.717) is 12.8 Å². The number of unbranched alkanes of at least 4 members (excludes halogenated alkanes) is 4. The van der Waals surface area contributed by atoms with E-state index in [1.165, 1.54) is 0 Å². The molecule has 0 aromatic rings. The molecular formula is C17H28N2O3. The molecule has 5 heteroatoms. The van der Waals surface area contributed by atoms with Crippen LogP contribution in [0.15, 0.2) is 12.7 Å². The number of rotatable bonds is 9. The van der Waals surface area contributed by atoms with Crippen LogP contribution >= 0.6 is 0 Å². The van der Waals surface area contributed by atoms with Crippen molar-refractivity contribution in [2.45, 2.75) is 76.0 Å². The third-order valence-corrected chi connectivity index (χ3v) is 4.37. The smallest absolute Gasteiger partial charge is 0.243 e. The largest absolute Gasteiger partial charge is 0.391 e. The van der Waals surface area contributed by atoms with Gasteiger partial charge in [0.05, 0.1) is 6.10 Å². The second-order valence-electron chi connectivity index (χ2n) is 6.48. The van der Waals surface area contributed by atoms with Crippen molar-refractivity contribution in [3.8, 4) is 0 Å². The third kappa shape index (κ3) is 5.13. The summed E-state index contributed by atoms with van der Waals surface area (Å²) in [6.45, 7) is 3.98. The summed E-state index contributed by atoms with van der Waals surface area (Å²) in [5.41, 5.74) is 0. The Balaban J connectivity index is 1.73. The van der Waals surface area contributed by atoms with Gasteiger partial charge in [-0.25, -0.2) is 0 Å². The molecule has 1 aliphatic heterocycles. The maximum atomic E-state index is 12.3. The van der Waals surface area contributed by atoms with Gasteiger partial charge in [0.2, 0.25) is 11.8 Å². The Bertz CT molecular complexity index is 407. The van der Waals surface area contributed by atoms with Crippen LogP contribution in [0, 0.1) is 0 Å². The van der Waals surface area contributed by atoms with Crippen molar-refractivity contribution in [2.24, 2.45) is 0 Å². The average Bonchev–Trinajstić information content (AvgIpc) is 3.21. The lowest BCUT2D eigenvalue weighted by Crippen LogP contribution is -2.46. The highest BCUT2D eigenvalue weighted by atomic mass is 16.3. The highest BCUT2D eigenvalue weighted by Crippen LogP contribution is 2.23. The molecule has 1 saturated heterocycles. The first-order valence-corrected chi connectivity index (χ1v) is 8.50. The quantitative estimate of drug-likeness (QED) is 0.504. The normalized spacial score (nSPS) is 24.3. The summed E-state index contributed by atoms with van der Waals surface area (Å²) in [6.07, 6.45) is 9.34. The van der Waals surface area contributed by atoms with Gasteiger partial charge in [-0.1, -0.05) is 18.9 Å². The molecule has 2 fully saturated rings. The lowest BCUT2D eigenvalue weighted by atomic mass is 10.1. The Morgan fingerprint density at radius 3 is 2.64 bits per heavy atom. The second-order valence-corrected chi connectivity index (χ2v) is 6.48. The molecular weight excluding hydrogens is 280 g/mol. The van der Waals surface area contributed by atoms with Crippen molar-refractivity contribution in [3.05, 3.63) is 12.7 Å². The Hall–Kier alpha value is -1.36. The Morgan fingerprint density at radius 2 is 1.95 bits per heavy atom. The number of allylic oxidation sites excluding steroid dienone is 1. The number of hydrogen-bond acceptors (Lipinski definition) is 3. The van der Waals surface area contributed by atoms with Gasteiger partial charge in [-0.15, -0.1) is 6.58 Å². The summed E-state index contributed by atoms with van der Waals surface area (Å²) in [7, 11) is 0. The maximum Gasteiger partial charge on any atom is 0.243 e. The summed E-state index contributed by atoms with van der Waals surface area (Å²) in [5.74, 6) is -0.102. The fourth-order valence-corrected chi connectivity index (χ4v) is 2.93. The van der Waals surface area contributed by atoms with E-state index >= 15 is 0 Å². The van der Waals surface area contributed by atoms with Crippen molar-refractivity contribution < 1.29 is 14.7 Å². The number of aliphatic hydroxyl groups is 1. The number of β-amino-alcohol motifs (C(OH)–C–C–N with tert-alkyl or cyclic N) is 1. The minimum Gasteiger partial charge on any atom is -0.391 e. The molecule has 2 rings (SSSR count). The number of aliphatic hydroxyl groups excluding tert-OH is 1. The van der Waals surface area contributed by atoms with Crippen LogP contribution in [0.5, 0.6) is 0 Å². The van der Waals surface area contributed by atoms with E-state index in [-0.39, 0.29) is 24.4 Å². The van der Waals surface area contributed by atoms with Crippen LogP contribution < -0.4 is 5.32 Å². The molecule has 0 radical (unpaired) electrons. The second kappa shape index (κ2) is 8.32. The molecule has 5 nitrogen and oxygen atoms in total. The predicted octanol–water partition coefficient (Wildman–Crippen LogP) is 1.75. The molecule has 2 atom stereocenters. The molecule has 0 spiro atoms. The van der Waals surface area contributed by atoms with Crippen LogP contribution in [0.1, 0.15) is 57.8 Å². The van der Waals surface area contributed by atoms with Crippen molar-refractivity contribution in [3.63, 3.8) is 0 Å². The molecule has 1 saturated carbocycles. The first kappa shape index (κ1) is 17.0. The summed E-state index contributed by atoms with van der Waals surface area (Å²) in [5, 5.41) is 12.7. The Morgan fingerprint density at radius 1 is 1.23 bits per heavy atom. The van der Waals surface area contributed by atoms with Crippen LogP contribution in [-0.4, -0.2) is 46.6 Å². The highest BCUT2D eigenvalue weighted by molar-refractivity contribution is 5.88. The van der Waals surface area contributed by atoms with Gasteiger partial charge in [0, 0.05) is 25.4 Å². The zero-order chi connectivity index (χ0) is 15.9. The van der Waals surface area contributed by atoms with Crippen LogP contribution in [0.4, 0.5) is 0 Å². The zero-order valence-corrected chi connectivity index (χ0v) is 13.3. The van der Waals surface area contributed by atoms with Gasteiger partial charge in [-0.2, -0.15) is 0 Å². The fourth-order valence-electron chi connectivity index (χ4n) is 2.93. The molecule has 0 bridgehead atoms. The van der Waals surface area contributed by atoms with Gasteiger partial charge < -0.3 is 15.3 Å². The van der Waals surface area contributed by atoms with Gasteiger partial charge in [0.1, 0.15) is 6.04 Å². The van der Waals surface area contributed by atoms with E-state index in [1.807, 2.05) is 6.08 Å². The number of hydrogen-bond donors (Lipinski definition) is 2. The van der Waals surface area contributed by atoms with Gasteiger partial charge >= 0.3 is 0 Å². The summed E-state index contributed by atoms with van der Waals surface area (Å²) in [4.78, 5) is 26.1. The van der Waals surface area contributed by atoms with Crippen molar-refractivity contribution in [1.82, 2.24) is 10.2 Å². The van der Waals surface area contributed by atoms with E-state index in [2.05, 4.69) is 11.9 Å². The highest BCUT2D eigenvalue weighted by Gasteiger charge is 2.39. The van der Waals surface area contributed by atoms with Crippen molar-refractivity contribution in [1.29, 1.82) is 0 Å². The summed E-state index contributed by atoms with van der Waals surface area (Å²) in [6, 6.07) is -0.198. The molecule has 124 valence electrons. The first-order chi connectivity index (χ1) is 10.6. The van der Waals surface area contributed by atoms with E-state index < -0.39 is 12.1 Å². The molecule has 1 heterocycles. The lowest BCUT2D eigenvalue weighted by Gasteiger charge is -2.23. The minimum atomic E-state index is -0.577. The third-order valence-electron chi connectivity index (χ3n) is 4.37. The predicted molar refractivity (Wildman–Crippen MR) is 85.2 cm³/mol. The standard InChI is InChI=1S/C17H28N2O3/c1-2-3-4-5-6-7-8-16(21)19-12-14(20)11-15(19)17(22)18-13-9-10-13/h2,13-15,20H,1,3-12H2,(H,18,22). The zero-order valence-electron chi connectivity index (χ0n) is 13.3. The Labute approximate surface area is 132 Å². The molecule has 2 aliphatic rings. The molecule has 0 aromatic heterocycles. The van der Waals surface area contributed by atoms with Crippen LogP contribution in [0.25, 0.3) is 0 Å². The maximum absolute atomic E-state index is 12.3. The van der Waals surface area contributed by atoms with Gasteiger partial charge in [0.25, 0.3) is 0 Å². The number of likely N-dealkylation sites (tertiary alicyclic amines) is 1. The van der Waals surface area contributed by atoms with Crippen molar-refractivity contribution >= 4 is 11.8 Å². The number of nitrogens with zero attached hydrogens (tertiary/aromatic N) is 1. The van der Waals surface area contributed by atoms with E-state index in [1.54, 1.807) is 4.90 Å². The topological polar surface area (TPSA) is 69.6 Å². The van der Waals surface area contributed by atoms with E-state index in [9.17, 15) is 14.7 Å². The summed E-state index contributed by atoms with van der Waals surface area (Å²) >= 11 is 0. The fraction of sp³-hybridized carbons (Fsp3) is 0.765. The number of amides is 2. The van der Waals surface area contributed by atoms with E-state index in [0.717, 1.165) is 44.9 Å². The van der Waals surface area contributed by atoms with Gasteiger partial charge in [-0.3, -0.25) is 9.59 Å². The number of nitrogens with one attached hydrogen (secondary N) is 1. The van der Waals surface area contributed by atoms with Gasteiger partial charge in [0.15, 0.2) is 0 Å². The van der Waals surface area contributed by atoms with Gasteiger partial charge in [-0.05, 0) is 32.1 Å². The van der Waals surface area contributed by atoms with Crippen LogP contribution in [0.2, 0.25) is 0 Å². The molecule has 2 amide bonds. The Kier molecular flexibility index (Phi) is 6.43. The SMILES string of the molecule is C=CCCCCCCC(=O)N1CC(O)CC1C(=O)NC1CC1. The molecule has 1 aliphatic carbocycles. The molecule has 2 N–H and O–H groups in total. The molecule has 0 aromatic carbocycles. The molecule has 2 unspecified atom stereocenters. The first-order valence-electron chi connectivity index (χ1n) is 8.50. The summed E-state index contributed by atoms with van der Waals surface area (Å²) < 4.78 is 0. The van der Waals surface area contributed by atoms with Crippen LogP contribution in [-0.2, 0) is 9.59 Å². The van der Waals surface area contributed by atoms with Crippen LogP contribution in [0.3, 0.4) is 0 Å². The minimum absolute atomic E-state index is 0.00350. The van der Waals surface area contributed by atoms with E-state index in [4.69, 9.17) is 0 Å². The average molecular weight is 308 g/mol. The molecule has 22 heavy (non-hydrogen) atoms. The number of carbonyl (C=O) groups excluding carboxylic acids is 2. The number of carbonyl (C=O) groups is 2. The monoisotopic (exact) mass is 308 g/mol.